The minimum absolute atomic E-state index is 0.0826. The Morgan fingerprint density at radius 1 is 1.33 bits per heavy atom. The predicted molar refractivity (Wildman–Crippen MR) is 62.4 cm³/mol. The maximum Gasteiger partial charge on any atom is 0.246 e. The average Bonchev–Trinajstić information content (AvgIpc) is 2.96. The van der Waals surface area contributed by atoms with Crippen molar-refractivity contribution < 1.29 is 19.1 Å². The van der Waals surface area contributed by atoms with Crippen LogP contribution < -0.4 is 20.1 Å². The first kappa shape index (κ1) is 10.9. The third kappa shape index (κ3) is 1.97. The van der Waals surface area contributed by atoms with Gasteiger partial charge in [0.1, 0.15) is 6.04 Å². The third-order valence-corrected chi connectivity index (χ3v) is 2.95. The van der Waals surface area contributed by atoms with Crippen LogP contribution in [0, 0.1) is 0 Å². The van der Waals surface area contributed by atoms with Gasteiger partial charge in [-0.2, -0.15) is 0 Å². The van der Waals surface area contributed by atoms with Gasteiger partial charge in [0.2, 0.25) is 18.6 Å². The van der Waals surface area contributed by atoms with Gasteiger partial charge in [-0.15, -0.1) is 0 Å². The molecule has 3 rings (SSSR count). The molecule has 18 heavy (non-hydrogen) atoms. The summed E-state index contributed by atoms with van der Waals surface area (Å²) < 4.78 is 10.4. The number of hydrogen-bond donors (Lipinski definition) is 2. The zero-order chi connectivity index (χ0) is 12.5. The fraction of sp³-hybridized carbons (Fsp3) is 0.333. The van der Waals surface area contributed by atoms with E-state index in [-0.39, 0.29) is 18.6 Å². The van der Waals surface area contributed by atoms with Crippen molar-refractivity contribution in [2.45, 2.75) is 18.9 Å². The highest BCUT2D eigenvalue weighted by Gasteiger charge is 2.27. The zero-order valence-corrected chi connectivity index (χ0v) is 9.56. The van der Waals surface area contributed by atoms with Crippen molar-refractivity contribution in [1.82, 2.24) is 5.32 Å². The Kier molecular flexibility index (Phi) is 2.55. The number of anilines is 1. The first-order valence-corrected chi connectivity index (χ1v) is 5.72. The van der Waals surface area contributed by atoms with E-state index < -0.39 is 6.04 Å². The fourth-order valence-corrected chi connectivity index (χ4v) is 2.01. The fourth-order valence-electron chi connectivity index (χ4n) is 2.01. The Labute approximate surface area is 103 Å². The number of nitrogens with one attached hydrogen (secondary N) is 2. The van der Waals surface area contributed by atoms with Gasteiger partial charge in [-0.1, -0.05) is 0 Å². The minimum Gasteiger partial charge on any atom is -0.454 e. The van der Waals surface area contributed by atoms with E-state index in [0.29, 0.717) is 30.0 Å². The lowest BCUT2D eigenvalue weighted by atomic mass is 10.2. The molecule has 2 aliphatic heterocycles. The summed E-state index contributed by atoms with van der Waals surface area (Å²) in [5.41, 5.74) is 0.630. The third-order valence-electron chi connectivity index (χ3n) is 2.95. The Hall–Kier alpha value is -2.24. The van der Waals surface area contributed by atoms with Crippen LogP contribution in [0.15, 0.2) is 18.2 Å². The first-order chi connectivity index (χ1) is 8.72. The molecular formula is C12H12N2O4. The van der Waals surface area contributed by atoms with Gasteiger partial charge >= 0.3 is 0 Å². The molecule has 1 saturated heterocycles. The van der Waals surface area contributed by atoms with E-state index in [2.05, 4.69) is 10.6 Å². The lowest BCUT2D eigenvalue weighted by Crippen LogP contribution is -2.37. The van der Waals surface area contributed by atoms with Gasteiger partial charge in [0.25, 0.3) is 0 Å². The molecule has 2 heterocycles. The Morgan fingerprint density at radius 3 is 2.94 bits per heavy atom. The molecule has 1 fully saturated rings. The summed E-state index contributed by atoms with van der Waals surface area (Å²) in [5, 5.41) is 5.36. The summed E-state index contributed by atoms with van der Waals surface area (Å²) in [5.74, 6) is 0.992. The zero-order valence-electron chi connectivity index (χ0n) is 9.56. The van der Waals surface area contributed by atoms with Crippen molar-refractivity contribution >= 4 is 17.5 Å². The standard InChI is InChI=1S/C12H12N2O4/c15-11-4-2-8(14-11)12(16)13-7-1-3-9-10(5-7)18-6-17-9/h1,3,5,8H,2,4,6H2,(H,13,16)(H,14,15). The number of carbonyl (C=O) groups is 2. The summed E-state index contributed by atoms with van der Waals surface area (Å²) >= 11 is 0. The number of hydrogen-bond acceptors (Lipinski definition) is 4. The van der Waals surface area contributed by atoms with Gasteiger partial charge in [-0.25, -0.2) is 0 Å². The molecule has 6 heteroatoms. The molecule has 1 aromatic carbocycles. The Bertz CT molecular complexity index is 515. The summed E-state index contributed by atoms with van der Waals surface area (Å²) in [6, 6.07) is 4.74. The van der Waals surface area contributed by atoms with Crippen LogP contribution in [0.3, 0.4) is 0 Å². The molecule has 0 aliphatic carbocycles. The van der Waals surface area contributed by atoms with E-state index >= 15 is 0 Å². The van der Waals surface area contributed by atoms with E-state index in [1.165, 1.54) is 0 Å². The van der Waals surface area contributed by atoms with Crippen LogP contribution in [-0.4, -0.2) is 24.6 Å². The molecule has 1 atom stereocenters. The summed E-state index contributed by atoms with van der Waals surface area (Å²) in [6.45, 7) is 0.200. The van der Waals surface area contributed by atoms with Crippen LogP contribution >= 0.6 is 0 Å². The number of ether oxygens (including phenoxy) is 2. The minimum atomic E-state index is -0.442. The molecular weight excluding hydrogens is 236 g/mol. The second kappa shape index (κ2) is 4.21. The van der Waals surface area contributed by atoms with Crippen molar-refractivity contribution in [3.63, 3.8) is 0 Å². The van der Waals surface area contributed by atoms with Crippen LogP contribution in [-0.2, 0) is 9.59 Å². The van der Waals surface area contributed by atoms with Crippen LogP contribution in [0.5, 0.6) is 11.5 Å². The molecule has 1 unspecified atom stereocenters. The second-order valence-corrected chi connectivity index (χ2v) is 4.22. The lowest BCUT2D eigenvalue weighted by molar-refractivity contribution is -0.122. The number of fused-ring (bicyclic) bond motifs is 1. The van der Waals surface area contributed by atoms with Crippen LogP contribution in [0.4, 0.5) is 5.69 Å². The van der Waals surface area contributed by atoms with Gasteiger partial charge in [0.05, 0.1) is 0 Å². The summed E-state index contributed by atoms with van der Waals surface area (Å²) in [6.07, 6.45) is 0.939. The number of benzene rings is 1. The van der Waals surface area contributed by atoms with E-state index in [1.807, 2.05) is 0 Å². The number of amides is 2. The van der Waals surface area contributed by atoms with Crippen molar-refractivity contribution in [3.05, 3.63) is 18.2 Å². The highest BCUT2D eigenvalue weighted by molar-refractivity contribution is 5.99. The second-order valence-electron chi connectivity index (χ2n) is 4.22. The van der Waals surface area contributed by atoms with Crippen LogP contribution in [0.25, 0.3) is 0 Å². The van der Waals surface area contributed by atoms with Gasteiger partial charge in [0, 0.05) is 18.2 Å². The van der Waals surface area contributed by atoms with Crippen LogP contribution in [0.1, 0.15) is 12.8 Å². The lowest BCUT2D eigenvalue weighted by Gasteiger charge is -2.11. The summed E-state index contributed by atoms with van der Waals surface area (Å²) in [4.78, 5) is 22.9. The van der Waals surface area contributed by atoms with Gasteiger partial charge in [-0.3, -0.25) is 9.59 Å². The van der Waals surface area contributed by atoms with Crippen molar-refractivity contribution in [2.24, 2.45) is 0 Å². The van der Waals surface area contributed by atoms with Gasteiger partial charge in [0.15, 0.2) is 11.5 Å². The predicted octanol–water partition coefficient (Wildman–Crippen LogP) is 0.632. The molecule has 0 aromatic heterocycles. The Balaban J connectivity index is 1.69. The normalized spacial score (nSPS) is 20.7. The highest BCUT2D eigenvalue weighted by atomic mass is 16.7. The van der Waals surface area contributed by atoms with Crippen molar-refractivity contribution in [3.8, 4) is 11.5 Å². The molecule has 0 bridgehead atoms. The molecule has 2 N–H and O–H groups in total. The van der Waals surface area contributed by atoms with E-state index in [9.17, 15) is 9.59 Å². The van der Waals surface area contributed by atoms with Crippen molar-refractivity contribution in [1.29, 1.82) is 0 Å². The topological polar surface area (TPSA) is 76.7 Å². The maximum atomic E-state index is 11.9. The summed E-state index contributed by atoms with van der Waals surface area (Å²) in [7, 11) is 0. The molecule has 0 spiro atoms. The highest BCUT2D eigenvalue weighted by Crippen LogP contribution is 2.34. The van der Waals surface area contributed by atoms with Gasteiger partial charge < -0.3 is 20.1 Å². The van der Waals surface area contributed by atoms with E-state index in [0.717, 1.165) is 0 Å². The maximum absolute atomic E-state index is 11.9. The Morgan fingerprint density at radius 2 is 2.17 bits per heavy atom. The average molecular weight is 248 g/mol. The quantitative estimate of drug-likeness (QED) is 0.805. The molecule has 6 nitrogen and oxygen atoms in total. The molecule has 2 aliphatic rings. The molecule has 2 amide bonds. The molecule has 1 aromatic rings. The molecule has 0 saturated carbocycles. The largest absolute Gasteiger partial charge is 0.454 e. The van der Waals surface area contributed by atoms with Gasteiger partial charge in [-0.05, 0) is 18.6 Å². The van der Waals surface area contributed by atoms with E-state index in [1.54, 1.807) is 18.2 Å². The smallest absolute Gasteiger partial charge is 0.246 e. The van der Waals surface area contributed by atoms with E-state index in [4.69, 9.17) is 9.47 Å². The first-order valence-electron chi connectivity index (χ1n) is 5.72. The van der Waals surface area contributed by atoms with Crippen LogP contribution in [0.2, 0.25) is 0 Å². The number of rotatable bonds is 2. The monoisotopic (exact) mass is 248 g/mol. The van der Waals surface area contributed by atoms with Crippen molar-refractivity contribution in [2.75, 3.05) is 12.1 Å². The molecule has 94 valence electrons. The molecule has 0 radical (unpaired) electrons. The SMILES string of the molecule is O=C1CCC(C(=O)Nc2ccc3c(c2)OCO3)N1. The number of carbonyl (C=O) groups excluding carboxylic acids is 2.